The minimum Gasteiger partial charge on any atom is -0.481 e. The Morgan fingerprint density at radius 2 is 1.98 bits per heavy atom. The van der Waals surface area contributed by atoms with Gasteiger partial charge in [-0.3, -0.25) is 24.1 Å². The number of nitrogens with zero attached hydrogens (tertiary/aromatic N) is 5. The van der Waals surface area contributed by atoms with Gasteiger partial charge >= 0.3 is 17.9 Å². The summed E-state index contributed by atoms with van der Waals surface area (Å²) in [5.74, 6) is -4.77. The maximum absolute atomic E-state index is 13.2. The van der Waals surface area contributed by atoms with Crippen molar-refractivity contribution >= 4 is 81.2 Å². The Morgan fingerprint density at radius 1 is 1.23 bits per heavy atom. The highest BCUT2D eigenvalue weighted by atomic mass is 32.2. The minimum atomic E-state index is -1.34. The van der Waals surface area contributed by atoms with Crippen molar-refractivity contribution in [2.24, 2.45) is 5.16 Å². The molecule has 228 valence electrons. The Morgan fingerprint density at radius 3 is 2.58 bits per heavy atom. The number of hydrogen-bond acceptors (Lipinski definition) is 15. The van der Waals surface area contributed by atoms with E-state index in [-0.39, 0.29) is 63.1 Å². The summed E-state index contributed by atoms with van der Waals surface area (Å²) >= 11 is 3.33. The summed E-state index contributed by atoms with van der Waals surface area (Å²) in [5, 5.41) is 35.2. The van der Waals surface area contributed by atoms with Crippen molar-refractivity contribution < 1.29 is 44.1 Å². The first-order chi connectivity index (χ1) is 20.3. The number of thioether (sulfide) groups is 2. The van der Waals surface area contributed by atoms with Gasteiger partial charge in [0.1, 0.15) is 34.7 Å². The number of oxime groups is 1. The number of β-lactam (4-membered cyclic amide) rings is 1. The van der Waals surface area contributed by atoms with E-state index in [4.69, 9.17) is 26.5 Å². The van der Waals surface area contributed by atoms with Crippen LogP contribution in [0.2, 0.25) is 0 Å². The standard InChI is InChI=1S/C23H24N8O9S3/c1-8(2-12(32)33)40-30-14(11-7-42-22(25)27-11)18(36)28-15-19(37)31-16(21(38)39)10(5-41-20(15)31)6-43-23-26-4-9(3-13(34)35)17(24)29-23/h4,7-8,15,20H,2-3,5-6H2,1H3,(H2,25,27)(H,28,36)(H,32,33)(H,34,35)(H,38,39)(H2,24,26,29)/b30-14-/t8?,15?,20-/m0/s1. The predicted octanol–water partition coefficient (Wildman–Crippen LogP) is -0.161. The number of nitrogens with two attached hydrogens (primary N) is 2. The molecule has 0 bridgehead atoms. The molecule has 2 amide bonds. The number of carboxylic acids is 3. The van der Waals surface area contributed by atoms with Gasteiger partial charge < -0.3 is 36.9 Å². The van der Waals surface area contributed by atoms with Crippen molar-refractivity contribution in [1.82, 2.24) is 25.2 Å². The number of aliphatic carboxylic acids is 3. The average molecular weight is 653 g/mol. The summed E-state index contributed by atoms with van der Waals surface area (Å²) in [5.41, 5.74) is 11.6. The lowest BCUT2D eigenvalue weighted by atomic mass is 10.0. The second-order valence-corrected chi connectivity index (χ2v) is 12.0. The summed E-state index contributed by atoms with van der Waals surface area (Å²) < 4.78 is 0. The highest BCUT2D eigenvalue weighted by molar-refractivity contribution is 8.01. The monoisotopic (exact) mass is 652 g/mol. The number of amides is 2. The highest BCUT2D eigenvalue weighted by Gasteiger charge is 2.54. The summed E-state index contributed by atoms with van der Waals surface area (Å²) in [7, 11) is 0. The Kier molecular flexibility index (Phi) is 9.71. The van der Waals surface area contributed by atoms with E-state index in [1.807, 2.05) is 0 Å². The van der Waals surface area contributed by atoms with Crippen LogP contribution in [0.4, 0.5) is 10.9 Å². The molecular weight excluding hydrogens is 629 g/mol. The normalized spacial score (nSPS) is 18.9. The number of carboxylic acid groups (broad SMARTS) is 3. The fourth-order valence-electron chi connectivity index (χ4n) is 3.95. The number of thiazole rings is 1. The van der Waals surface area contributed by atoms with Crippen LogP contribution in [0.3, 0.4) is 0 Å². The quantitative estimate of drug-likeness (QED) is 0.0539. The molecular formula is C23H24N8O9S3. The summed E-state index contributed by atoms with van der Waals surface area (Å²) in [6.45, 7) is 1.44. The van der Waals surface area contributed by atoms with E-state index in [2.05, 4.69) is 25.4 Å². The third-order valence-corrected chi connectivity index (χ3v) is 8.86. The molecule has 2 aliphatic rings. The Hall–Kier alpha value is -4.43. The highest BCUT2D eigenvalue weighted by Crippen LogP contribution is 2.41. The van der Waals surface area contributed by atoms with Gasteiger partial charge in [-0.25, -0.2) is 19.7 Å². The van der Waals surface area contributed by atoms with Crippen LogP contribution in [-0.4, -0.2) is 99.6 Å². The number of nitrogens with one attached hydrogen (secondary N) is 1. The van der Waals surface area contributed by atoms with Gasteiger partial charge in [0.2, 0.25) is 0 Å². The Balaban J connectivity index is 1.47. The predicted molar refractivity (Wildman–Crippen MR) is 154 cm³/mol. The van der Waals surface area contributed by atoms with Gasteiger partial charge in [0.25, 0.3) is 11.8 Å². The van der Waals surface area contributed by atoms with E-state index in [0.29, 0.717) is 5.57 Å². The van der Waals surface area contributed by atoms with Crippen LogP contribution in [0, 0.1) is 0 Å². The van der Waals surface area contributed by atoms with Crippen LogP contribution in [0.15, 0.2) is 33.2 Å². The second-order valence-electron chi connectivity index (χ2n) is 9.07. The zero-order valence-electron chi connectivity index (χ0n) is 22.1. The molecule has 0 radical (unpaired) electrons. The topological polar surface area (TPSA) is 274 Å². The van der Waals surface area contributed by atoms with Crippen LogP contribution in [-0.2, 0) is 35.2 Å². The van der Waals surface area contributed by atoms with Crippen LogP contribution in [0.1, 0.15) is 24.6 Å². The molecule has 43 heavy (non-hydrogen) atoms. The molecule has 2 unspecified atom stereocenters. The number of nitrogen functional groups attached to an aromatic ring is 2. The van der Waals surface area contributed by atoms with Gasteiger partial charge in [-0.05, 0) is 12.5 Å². The molecule has 0 spiro atoms. The smallest absolute Gasteiger partial charge is 0.352 e. The molecule has 1 saturated heterocycles. The van der Waals surface area contributed by atoms with Crippen LogP contribution in [0.25, 0.3) is 0 Å². The second kappa shape index (κ2) is 13.3. The first-order valence-corrected chi connectivity index (χ1v) is 15.1. The number of fused-ring (bicyclic) bond motifs is 1. The molecule has 2 aromatic rings. The zero-order valence-corrected chi connectivity index (χ0v) is 24.6. The van der Waals surface area contributed by atoms with Gasteiger partial charge in [-0.15, -0.1) is 23.1 Å². The lowest BCUT2D eigenvalue weighted by Crippen LogP contribution is -2.71. The van der Waals surface area contributed by atoms with Gasteiger partial charge in [-0.1, -0.05) is 16.9 Å². The molecule has 4 rings (SSSR count). The maximum Gasteiger partial charge on any atom is 0.352 e. The van der Waals surface area contributed by atoms with Crippen molar-refractivity contribution in [2.75, 3.05) is 23.0 Å². The van der Waals surface area contributed by atoms with Crippen LogP contribution in [0.5, 0.6) is 0 Å². The van der Waals surface area contributed by atoms with E-state index >= 15 is 0 Å². The molecule has 0 aromatic carbocycles. The molecule has 2 aliphatic heterocycles. The van der Waals surface area contributed by atoms with Gasteiger partial charge in [0.05, 0.1) is 12.8 Å². The zero-order chi connectivity index (χ0) is 31.4. The average Bonchev–Trinajstić information content (AvgIpc) is 3.36. The van der Waals surface area contributed by atoms with E-state index in [0.717, 1.165) is 28.0 Å². The first kappa shape index (κ1) is 31.5. The van der Waals surface area contributed by atoms with Crippen molar-refractivity contribution in [3.8, 4) is 0 Å². The van der Waals surface area contributed by atoms with Gasteiger partial charge in [-0.2, -0.15) is 0 Å². The molecule has 3 atom stereocenters. The molecule has 4 heterocycles. The van der Waals surface area contributed by atoms with Crippen molar-refractivity contribution in [2.45, 2.75) is 42.4 Å². The molecule has 17 nitrogen and oxygen atoms in total. The number of aromatic nitrogens is 3. The lowest BCUT2D eigenvalue weighted by Gasteiger charge is -2.49. The van der Waals surface area contributed by atoms with E-state index in [1.54, 1.807) is 0 Å². The Bertz CT molecular complexity index is 1550. The maximum atomic E-state index is 13.2. The lowest BCUT2D eigenvalue weighted by molar-refractivity contribution is -0.150. The number of anilines is 2. The van der Waals surface area contributed by atoms with E-state index in [1.165, 1.54) is 30.3 Å². The number of carbonyl (C=O) groups is 5. The van der Waals surface area contributed by atoms with E-state index in [9.17, 15) is 29.1 Å². The number of hydrogen-bond donors (Lipinski definition) is 6. The molecule has 8 N–H and O–H groups in total. The van der Waals surface area contributed by atoms with E-state index < -0.39 is 47.2 Å². The third kappa shape index (κ3) is 7.32. The fraction of sp³-hybridized carbons (Fsp3) is 0.348. The molecule has 0 aliphatic carbocycles. The Labute approximate surface area is 254 Å². The third-order valence-electron chi connectivity index (χ3n) is 5.90. The number of rotatable bonds is 13. The minimum absolute atomic E-state index is 0.00749. The van der Waals surface area contributed by atoms with Gasteiger partial charge in [0, 0.05) is 28.6 Å². The molecule has 0 saturated carbocycles. The molecule has 2 aromatic heterocycles. The SMILES string of the molecule is CC(CC(=O)O)O/N=C(\C(=O)NC1C(=O)N2C(C(=O)O)=C(CSc3ncc(CC(=O)O)c(N)n3)CS[C@@H]12)c1csc(N)n1. The summed E-state index contributed by atoms with van der Waals surface area (Å²) in [4.78, 5) is 78.8. The fourth-order valence-corrected chi connectivity index (χ4v) is 6.81. The summed E-state index contributed by atoms with van der Waals surface area (Å²) in [6.07, 6.45) is -0.319. The van der Waals surface area contributed by atoms with Crippen molar-refractivity contribution in [1.29, 1.82) is 0 Å². The van der Waals surface area contributed by atoms with Crippen molar-refractivity contribution in [3.63, 3.8) is 0 Å². The van der Waals surface area contributed by atoms with Gasteiger partial charge in [0.15, 0.2) is 16.0 Å². The summed E-state index contributed by atoms with van der Waals surface area (Å²) in [6, 6.07) is -1.09. The van der Waals surface area contributed by atoms with Crippen molar-refractivity contribution in [3.05, 3.63) is 34.1 Å². The molecule has 20 heteroatoms. The van der Waals surface area contributed by atoms with Crippen LogP contribution < -0.4 is 16.8 Å². The number of carbonyl (C=O) groups excluding carboxylic acids is 2. The largest absolute Gasteiger partial charge is 0.481 e. The first-order valence-electron chi connectivity index (χ1n) is 12.2. The van der Waals surface area contributed by atoms with Crippen LogP contribution >= 0.6 is 34.9 Å². The molecule has 1 fully saturated rings.